The number of Topliss-reactive ketones (excluding diaryl/α,β-unsaturated/α-hetero) is 1. The molecule has 0 aromatic rings. The zero-order valence-corrected chi connectivity index (χ0v) is 21.0. The summed E-state index contributed by atoms with van der Waals surface area (Å²) in [5.74, 6) is -5.05. The summed E-state index contributed by atoms with van der Waals surface area (Å²) in [6.45, 7) is 10.6. The van der Waals surface area contributed by atoms with Gasteiger partial charge in [-0.2, -0.15) is 13.2 Å². The number of nitrogens with one attached hydrogen (secondary N) is 3. The second-order valence-electron chi connectivity index (χ2n) is 9.88. The van der Waals surface area contributed by atoms with Gasteiger partial charge in [0.25, 0.3) is 5.78 Å². The van der Waals surface area contributed by atoms with Crippen molar-refractivity contribution in [2.45, 2.75) is 97.3 Å². The number of rotatable bonds is 8. The molecule has 1 saturated heterocycles. The fraction of sp³-hybridized carbons (Fsp3) is 0.773. The van der Waals surface area contributed by atoms with Crippen molar-refractivity contribution in [3.8, 4) is 0 Å². The molecule has 1 rings (SSSR count). The molecule has 4 atom stereocenters. The van der Waals surface area contributed by atoms with Crippen LogP contribution in [0.4, 0.5) is 18.0 Å². The maximum Gasteiger partial charge on any atom is 0.452 e. The van der Waals surface area contributed by atoms with Crippen LogP contribution < -0.4 is 16.0 Å². The van der Waals surface area contributed by atoms with E-state index in [-0.39, 0.29) is 13.0 Å². The minimum absolute atomic E-state index is 0.155. The number of ketones is 1. The van der Waals surface area contributed by atoms with Crippen molar-refractivity contribution in [2.75, 3.05) is 6.54 Å². The van der Waals surface area contributed by atoms with Crippen molar-refractivity contribution in [3.05, 3.63) is 0 Å². The maximum atomic E-state index is 12.9. The molecule has 0 bridgehead atoms. The lowest BCUT2D eigenvalue weighted by Crippen LogP contribution is -2.57. The van der Waals surface area contributed by atoms with Crippen LogP contribution >= 0.6 is 0 Å². The number of carbonyl (C=O) groups is 5. The highest BCUT2D eigenvalue weighted by Crippen LogP contribution is 2.23. The summed E-state index contributed by atoms with van der Waals surface area (Å²) in [5.41, 5.74) is -0.770. The van der Waals surface area contributed by atoms with E-state index in [1.807, 2.05) is 0 Å². The van der Waals surface area contributed by atoms with Crippen LogP contribution in [0.3, 0.4) is 0 Å². The summed E-state index contributed by atoms with van der Waals surface area (Å²) in [7, 11) is 0. The number of hydrogen-bond acceptors (Lipinski definition) is 6. The van der Waals surface area contributed by atoms with E-state index in [1.54, 1.807) is 20.8 Å². The molecule has 0 saturated carbocycles. The van der Waals surface area contributed by atoms with Gasteiger partial charge in [0.1, 0.15) is 23.7 Å². The lowest BCUT2D eigenvalue weighted by atomic mass is 9.98. The third-order valence-electron chi connectivity index (χ3n) is 5.22. The molecule has 10 nitrogen and oxygen atoms in total. The third-order valence-corrected chi connectivity index (χ3v) is 5.22. The van der Waals surface area contributed by atoms with Gasteiger partial charge in [0, 0.05) is 6.54 Å². The SMILES string of the molecule is CC(C)[C@H](NC(=O)[C@@H]1CCCN1C(=O)[C@H](C)NC(=O)[C@H](C)NC(=O)OC(C)(C)C)C(=O)C(F)(F)F. The van der Waals surface area contributed by atoms with E-state index in [0.717, 1.165) is 0 Å². The van der Waals surface area contributed by atoms with Gasteiger partial charge in [0.15, 0.2) is 0 Å². The van der Waals surface area contributed by atoms with Gasteiger partial charge >= 0.3 is 12.3 Å². The van der Waals surface area contributed by atoms with Gasteiger partial charge in [-0.3, -0.25) is 19.2 Å². The van der Waals surface area contributed by atoms with Crippen LogP contribution in [-0.2, 0) is 23.9 Å². The van der Waals surface area contributed by atoms with E-state index in [9.17, 15) is 37.1 Å². The zero-order chi connectivity index (χ0) is 27.3. The third kappa shape index (κ3) is 9.02. The van der Waals surface area contributed by atoms with E-state index >= 15 is 0 Å². The van der Waals surface area contributed by atoms with Crippen molar-refractivity contribution < 1.29 is 41.9 Å². The smallest absolute Gasteiger partial charge is 0.444 e. The molecule has 1 aliphatic rings. The summed E-state index contributed by atoms with van der Waals surface area (Å²) in [6, 6.07) is -4.98. The van der Waals surface area contributed by atoms with Crippen molar-refractivity contribution in [3.63, 3.8) is 0 Å². The molecule has 0 aromatic carbocycles. The molecule has 1 aliphatic heterocycles. The summed E-state index contributed by atoms with van der Waals surface area (Å²) in [6.07, 6.45) is -5.32. The monoisotopic (exact) mass is 508 g/mol. The van der Waals surface area contributed by atoms with Crippen LogP contribution in [0, 0.1) is 5.92 Å². The number of hydrogen-bond donors (Lipinski definition) is 3. The molecule has 1 heterocycles. The Morgan fingerprint density at radius 2 is 1.49 bits per heavy atom. The topological polar surface area (TPSA) is 134 Å². The fourth-order valence-corrected chi connectivity index (χ4v) is 3.46. The quantitative estimate of drug-likeness (QED) is 0.457. The molecule has 35 heavy (non-hydrogen) atoms. The average molecular weight is 509 g/mol. The summed E-state index contributed by atoms with van der Waals surface area (Å²) in [4.78, 5) is 62.8. The van der Waals surface area contributed by atoms with E-state index in [2.05, 4.69) is 16.0 Å². The Kier molecular flexibility index (Phi) is 10.1. The number of halogens is 3. The Labute approximate surface area is 202 Å². The summed E-state index contributed by atoms with van der Waals surface area (Å²) in [5, 5.41) is 6.93. The molecule has 13 heteroatoms. The molecule has 0 unspecified atom stereocenters. The molecule has 1 fully saturated rings. The van der Waals surface area contributed by atoms with Crippen molar-refractivity contribution in [1.29, 1.82) is 0 Å². The number of alkyl halides is 3. The van der Waals surface area contributed by atoms with Crippen LogP contribution in [0.1, 0.15) is 61.3 Å². The standard InChI is InChI=1S/C22H35F3N4O6/c1-11(2)15(16(30)22(23,24)25)28-18(32)14-9-8-10-29(14)19(33)13(4)26-17(31)12(3)27-20(34)35-21(5,6)7/h11-15H,8-10H2,1-7H3,(H,26,31)(H,27,34)(H,28,32)/t12-,13-,14-,15-/m0/s1. The lowest BCUT2D eigenvalue weighted by Gasteiger charge is -2.30. The normalized spacial score (nSPS) is 18.9. The zero-order valence-electron chi connectivity index (χ0n) is 21.0. The Balaban J connectivity index is 2.80. The van der Waals surface area contributed by atoms with E-state index < -0.39 is 71.5 Å². The first-order valence-corrected chi connectivity index (χ1v) is 11.4. The number of ether oxygens (including phenoxy) is 1. The number of carbonyl (C=O) groups excluding carboxylic acids is 5. The van der Waals surface area contributed by atoms with E-state index in [4.69, 9.17) is 4.74 Å². The molecule has 200 valence electrons. The van der Waals surface area contributed by atoms with Crippen LogP contribution in [0.15, 0.2) is 0 Å². The minimum atomic E-state index is -5.11. The largest absolute Gasteiger partial charge is 0.452 e. The van der Waals surface area contributed by atoms with Crippen molar-refractivity contribution >= 4 is 29.6 Å². The van der Waals surface area contributed by atoms with Gasteiger partial charge in [0.05, 0.1) is 6.04 Å². The summed E-state index contributed by atoms with van der Waals surface area (Å²) < 4.78 is 43.8. The van der Waals surface area contributed by atoms with E-state index in [1.165, 1.54) is 32.6 Å². The maximum absolute atomic E-state index is 12.9. The number of likely N-dealkylation sites (tertiary alicyclic amines) is 1. The highest BCUT2D eigenvalue weighted by Gasteiger charge is 2.46. The first-order valence-electron chi connectivity index (χ1n) is 11.4. The average Bonchev–Trinajstić information content (AvgIpc) is 3.17. The molecule has 0 aliphatic carbocycles. The first-order chi connectivity index (χ1) is 15.8. The van der Waals surface area contributed by atoms with Gasteiger partial charge in [-0.1, -0.05) is 13.8 Å². The van der Waals surface area contributed by atoms with Crippen molar-refractivity contribution in [1.82, 2.24) is 20.9 Å². The minimum Gasteiger partial charge on any atom is -0.444 e. The molecular weight excluding hydrogens is 473 g/mol. The van der Waals surface area contributed by atoms with Crippen LogP contribution in [0.25, 0.3) is 0 Å². The van der Waals surface area contributed by atoms with Crippen LogP contribution in [0.2, 0.25) is 0 Å². The molecule has 0 aromatic heterocycles. The molecule has 0 spiro atoms. The van der Waals surface area contributed by atoms with Crippen LogP contribution in [0.5, 0.6) is 0 Å². The Morgan fingerprint density at radius 3 is 1.97 bits per heavy atom. The van der Waals surface area contributed by atoms with Crippen molar-refractivity contribution in [2.24, 2.45) is 5.92 Å². The van der Waals surface area contributed by atoms with Crippen LogP contribution in [-0.4, -0.2) is 77.0 Å². The number of alkyl carbamates (subject to hydrolysis) is 1. The predicted molar refractivity (Wildman–Crippen MR) is 119 cm³/mol. The second kappa shape index (κ2) is 11.7. The molecular formula is C22H35F3N4O6. The van der Waals surface area contributed by atoms with Gasteiger partial charge < -0.3 is 25.6 Å². The Hall–Kier alpha value is -2.86. The molecule has 4 amide bonds. The first kappa shape index (κ1) is 30.2. The van der Waals surface area contributed by atoms with Gasteiger partial charge in [-0.05, 0) is 53.4 Å². The highest BCUT2D eigenvalue weighted by atomic mass is 19.4. The Bertz CT molecular complexity index is 825. The Morgan fingerprint density at radius 1 is 0.914 bits per heavy atom. The van der Waals surface area contributed by atoms with Gasteiger partial charge in [-0.15, -0.1) is 0 Å². The van der Waals surface area contributed by atoms with E-state index in [0.29, 0.717) is 6.42 Å². The highest BCUT2D eigenvalue weighted by molar-refractivity contribution is 5.97. The van der Waals surface area contributed by atoms with Gasteiger partial charge in [0.2, 0.25) is 17.7 Å². The van der Waals surface area contributed by atoms with Gasteiger partial charge in [-0.25, -0.2) is 4.79 Å². The molecule has 3 N–H and O–H groups in total. The summed E-state index contributed by atoms with van der Waals surface area (Å²) >= 11 is 0. The second-order valence-corrected chi connectivity index (χ2v) is 9.88. The number of nitrogens with zero attached hydrogens (tertiary/aromatic N) is 1. The molecule has 0 radical (unpaired) electrons. The predicted octanol–water partition coefficient (Wildman–Crippen LogP) is 1.67. The fourth-order valence-electron chi connectivity index (χ4n) is 3.46. The number of amides is 4. The lowest BCUT2D eigenvalue weighted by molar-refractivity contribution is -0.175.